The number of ether oxygens (including phenoxy) is 1. The maximum Gasteiger partial charge on any atom is 0.246 e. The van der Waals surface area contributed by atoms with E-state index in [1.807, 2.05) is 52.4 Å². The van der Waals surface area contributed by atoms with E-state index in [4.69, 9.17) is 16.3 Å². The van der Waals surface area contributed by atoms with Crippen LogP contribution in [0, 0.1) is 0 Å². The van der Waals surface area contributed by atoms with Crippen molar-refractivity contribution in [2.24, 2.45) is 0 Å². The Labute approximate surface area is 198 Å². The third kappa shape index (κ3) is 3.97. The largest absolute Gasteiger partial charge is 0.495 e. The maximum atomic E-state index is 13.0. The zero-order chi connectivity index (χ0) is 22.9. The Morgan fingerprint density at radius 2 is 1.73 bits per heavy atom. The molecule has 6 nitrogen and oxygen atoms in total. The number of pyridine rings is 1. The molecule has 0 fully saturated rings. The number of rotatable bonds is 5. The highest BCUT2D eigenvalue weighted by Gasteiger charge is 2.14. The molecule has 5 aromatic rings. The molecule has 0 radical (unpaired) electrons. The number of fused-ring (bicyclic) bond motifs is 2. The Morgan fingerprint density at radius 3 is 2.36 bits per heavy atom. The number of para-hydroxylation sites is 2. The van der Waals surface area contributed by atoms with Gasteiger partial charge < -0.3 is 14.6 Å². The van der Waals surface area contributed by atoms with Crippen molar-refractivity contribution >= 4 is 55.8 Å². The van der Waals surface area contributed by atoms with Crippen LogP contribution in [0.15, 0.2) is 76.9 Å². The summed E-state index contributed by atoms with van der Waals surface area (Å²) >= 11 is 7.56. The Morgan fingerprint density at radius 1 is 1.06 bits per heavy atom. The third-order valence-electron chi connectivity index (χ3n) is 5.38. The molecule has 0 unspecified atom stereocenters. The molecule has 0 aliphatic heterocycles. The predicted molar refractivity (Wildman–Crippen MR) is 133 cm³/mol. The van der Waals surface area contributed by atoms with Crippen LogP contribution in [-0.4, -0.2) is 22.6 Å². The van der Waals surface area contributed by atoms with Gasteiger partial charge in [0.05, 0.1) is 28.9 Å². The lowest BCUT2D eigenvalue weighted by Crippen LogP contribution is -2.21. The van der Waals surface area contributed by atoms with Crippen LogP contribution in [-0.2, 0) is 11.3 Å². The van der Waals surface area contributed by atoms with Gasteiger partial charge >= 0.3 is 0 Å². The molecule has 33 heavy (non-hydrogen) atoms. The number of amides is 1. The first-order valence-electron chi connectivity index (χ1n) is 10.1. The van der Waals surface area contributed by atoms with Crippen LogP contribution in [0.5, 0.6) is 5.75 Å². The van der Waals surface area contributed by atoms with Crippen LogP contribution in [0.3, 0.4) is 0 Å². The summed E-state index contributed by atoms with van der Waals surface area (Å²) in [7, 11) is 1.56. The quantitative estimate of drug-likeness (QED) is 0.337. The number of carbonyl (C=O) groups excluding carboxylic acids is 1. The smallest absolute Gasteiger partial charge is 0.246 e. The van der Waals surface area contributed by atoms with Gasteiger partial charge in [-0.15, -0.1) is 11.3 Å². The Kier molecular flexibility index (Phi) is 5.58. The van der Waals surface area contributed by atoms with Gasteiger partial charge in [0.1, 0.15) is 12.3 Å². The molecule has 2 aromatic heterocycles. The minimum Gasteiger partial charge on any atom is -0.495 e. The second-order valence-electron chi connectivity index (χ2n) is 7.38. The highest BCUT2D eigenvalue weighted by molar-refractivity contribution is 7.14. The summed E-state index contributed by atoms with van der Waals surface area (Å²) < 4.78 is 7.05. The number of methoxy groups -OCH3 is 1. The average Bonchev–Trinajstić information content (AvgIpc) is 3.30. The van der Waals surface area contributed by atoms with Gasteiger partial charge in [0.25, 0.3) is 0 Å². The molecule has 2 heterocycles. The number of nitrogens with one attached hydrogen (secondary N) is 1. The van der Waals surface area contributed by atoms with Crippen molar-refractivity contribution < 1.29 is 9.53 Å². The molecule has 0 spiro atoms. The first-order valence-corrected chi connectivity index (χ1v) is 11.4. The van der Waals surface area contributed by atoms with E-state index >= 15 is 0 Å². The minimum absolute atomic E-state index is 0.0411. The van der Waals surface area contributed by atoms with E-state index in [-0.39, 0.29) is 17.9 Å². The highest BCUT2D eigenvalue weighted by atomic mass is 35.5. The molecular weight excluding hydrogens is 458 g/mol. The summed E-state index contributed by atoms with van der Waals surface area (Å²) in [5.74, 6) is 0.354. The number of aromatic nitrogens is 2. The van der Waals surface area contributed by atoms with Crippen molar-refractivity contribution in [2.45, 2.75) is 6.54 Å². The summed E-state index contributed by atoms with van der Waals surface area (Å²) in [6, 6.07) is 20.1. The molecule has 0 aliphatic carbocycles. The van der Waals surface area contributed by atoms with E-state index in [9.17, 15) is 9.59 Å². The van der Waals surface area contributed by atoms with Gasteiger partial charge in [-0.1, -0.05) is 35.9 Å². The fraction of sp³-hybridized carbons (Fsp3) is 0.0800. The van der Waals surface area contributed by atoms with Gasteiger partial charge in [0, 0.05) is 21.7 Å². The SMILES string of the molecule is COc1ccc(-c2csc(NC(=O)Cn3c4ccccc4c(=O)c4ccccc43)n2)cc1Cl. The third-order valence-corrected chi connectivity index (χ3v) is 6.43. The molecule has 8 heteroatoms. The zero-order valence-corrected chi connectivity index (χ0v) is 19.1. The molecule has 5 rings (SSSR count). The lowest BCUT2D eigenvalue weighted by atomic mass is 10.1. The first-order chi connectivity index (χ1) is 16.0. The molecule has 0 aliphatic rings. The number of carbonyl (C=O) groups is 1. The molecule has 0 saturated carbocycles. The number of halogens is 1. The lowest BCUT2D eigenvalue weighted by Gasteiger charge is -2.14. The number of nitrogens with zero attached hydrogens (tertiary/aromatic N) is 2. The molecule has 0 atom stereocenters. The normalized spacial score (nSPS) is 11.1. The topological polar surface area (TPSA) is 73.2 Å². The van der Waals surface area contributed by atoms with E-state index in [2.05, 4.69) is 10.3 Å². The van der Waals surface area contributed by atoms with Gasteiger partial charge in [0.2, 0.25) is 5.91 Å². The van der Waals surface area contributed by atoms with Gasteiger partial charge in [-0.2, -0.15) is 0 Å². The van der Waals surface area contributed by atoms with Gasteiger partial charge in [-0.05, 0) is 42.5 Å². The second-order valence-corrected chi connectivity index (χ2v) is 8.65. The Bertz CT molecular complexity index is 1510. The molecular formula is C25H18ClN3O3S. The first kappa shape index (κ1) is 21.2. The van der Waals surface area contributed by atoms with Crippen LogP contribution in [0.2, 0.25) is 5.02 Å². The Hall–Kier alpha value is -3.68. The van der Waals surface area contributed by atoms with Gasteiger partial charge in [0.15, 0.2) is 10.6 Å². The summed E-state index contributed by atoms with van der Waals surface area (Å²) in [6.07, 6.45) is 0. The molecule has 3 aromatic carbocycles. The fourth-order valence-corrected chi connectivity index (χ4v) is 4.83. The Balaban J connectivity index is 1.44. The van der Waals surface area contributed by atoms with E-state index in [1.165, 1.54) is 11.3 Å². The molecule has 1 N–H and O–H groups in total. The van der Waals surface area contributed by atoms with Crippen molar-refractivity contribution in [3.63, 3.8) is 0 Å². The van der Waals surface area contributed by atoms with Crippen molar-refractivity contribution in [3.05, 3.63) is 87.4 Å². The summed E-state index contributed by atoms with van der Waals surface area (Å²) in [5, 5.41) is 6.87. The van der Waals surface area contributed by atoms with Crippen LogP contribution < -0.4 is 15.5 Å². The highest BCUT2D eigenvalue weighted by Crippen LogP contribution is 2.31. The van der Waals surface area contributed by atoms with Crippen LogP contribution in [0.4, 0.5) is 5.13 Å². The van der Waals surface area contributed by atoms with E-state index in [1.54, 1.807) is 31.4 Å². The standard InChI is InChI=1S/C25H18ClN3O3S/c1-32-22-11-10-15(12-18(22)26)19-14-33-25(27-19)28-23(30)13-29-20-8-4-2-6-16(20)24(31)17-7-3-5-9-21(17)29/h2-12,14H,13H2,1H3,(H,27,28,30). The van der Waals surface area contributed by atoms with Gasteiger partial charge in [-0.25, -0.2) is 4.98 Å². The van der Waals surface area contributed by atoms with E-state index in [0.29, 0.717) is 43.4 Å². The minimum atomic E-state index is -0.234. The monoisotopic (exact) mass is 475 g/mol. The van der Waals surface area contributed by atoms with Crippen molar-refractivity contribution in [1.82, 2.24) is 9.55 Å². The molecule has 0 saturated heterocycles. The van der Waals surface area contributed by atoms with Gasteiger partial charge in [-0.3, -0.25) is 9.59 Å². The number of hydrogen-bond donors (Lipinski definition) is 1. The van der Waals surface area contributed by atoms with Crippen LogP contribution in [0.25, 0.3) is 33.1 Å². The number of anilines is 1. The fourth-order valence-electron chi connectivity index (χ4n) is 3.84. The van der Waals surface area contributed by atoms with Crippen molar-refractivity contribution in [3.8, 4) is 17.0 Å². The van der Waals surface area contributed by atoms with E-state index < -0.39 is 0 Å². The van der Waals surface area contributed by atoms with E-state index in [0.717, 1.165) is 5.56 Å². The lowest BCUT2D eigenvalue weighted by molar-refractivity contribution is -0.116. The summed E-state index contributed by atoms with van der Waals surface area (Å²) in [5.41, 5.74) is 2.92. The number of hydrogen-bond acceptors (Lipinski definition) is 5. The predicted octanol–water partition coefficient (Wildman–Crippen LogP) is 5.58. The summed E-state index contributed by atoms with van der Waals surface area (Å²) in [4.78, 5) is 30.4. The van der Waals surface area contributed by atoms with Crippen LogP contribution in [0.1, 0.15) is 0 Å². The molecule has 164 valence electrons. The average molecular weight is 476 g/mol. The zero-order valence-electron chi connectivity index (χ0n) is 17.5. The van der Waals surface area contributed by atoms with Crippen molar-refractivity contribution in [2.75, 3.05) is 12.4 Å². The maximum absolute atomic E-state index is 13.0. The van der Waals surface area contributed by atoms with Crippen molar-refractivity contribution in [1.29, 1.82) is 0 Å². The molecule has 0 bridgehead atoms. The number of benzene rings is 3. The second kappa shape index (κ2) is 8.69. The number of thiazole rings is 1. The molecule has 1 amide bonds. The summed E-state index contributed by atoms with van der Waals surface area (Å²) in [6.45, 7) is 0.0462. The van der Waals surface area contributed by atoms with Crippen LogP contribution >= 0.6 is 22.9 Å².